The van der Waals surface area contributed by atoms with Crippen LogP contribution in [0.15, 0.2) is 90.3 Å². The van der Waals surface area contributed by atoms with E-state index in [1.807, 2.05) is 29.6 Å². The largest absolute Gasteiger partial charge is 0.495 e. The average Bonchev–Trinajstić information content (AvgIpc) is 3.40. The molecule has 1 aromatic heterocycles. The van der Waals surface area contributed by atoms with Gasteiger partial charge in [-0.3, -0.25) is 14.9 Å². The smallest absolute Gasteiger partial charge is 0.255 e. The Hall–Kier alpha value is -4.01. The predicted octanol–water partition coefficient (Wildman–Crippen LogP) is 5.47. The number of anilines is 2. The van der Waals surface area contributed by atoms with Crippen LogP contribution in [0.1, 0.15) is 26.8 Å². The van der Waals surface area contributed by atoms with Gasteiger partial charge >= 0.3 is 0 Å². The number of carbonyl (C=O) groups is 2. The van der Waals surface area contributed by atoms with Crippen molar-refractivity contribution in [1.82, 2.24) is 5.32 Å². The molecule has 3 aromatic carbocycles. The van der Waals surface area contributed by atoms with E-state index < -0.39 is 0 Å². The van der Waals surface area contributed by atoms with E-state index >= 15 is 0 Å². The van der Waals surface area contributed by atoms with E-state index in [0.29, 0.717) is 22.7 Å². The number of benzene rings is 3. The van der Waals surface area contributed by atoms with Crippen molar-refractivity contribution in [2.75, 3.05) is 24.3 Å². The lowest BCUT2D eigenvalue weighted by atomic mass is 10.1. The van der Waals surface area contributed by atoms with Crippen LogP contribution in [-0.2, 0) is 4.79 Å². The van der Waals surface area contributed by atoms with Crippen LogP contribution in [0.5, 0.6) is 5.75 Å². The molecule has 0 saturated heterocycles. The molecule has 0 saturated carbocycles. The Morgan fingerprint density at radius 3 is 2.34 bits per heavy atom. The number of para-hydroxylation sites is 2. The van der Waals surface area contributed by atoms with Gasteiger partial charge in [0.05, 0.1) is 25.4 Å². The van der Waals surface area contributed by atoms with Gasteiger partial charge in [0, 0.05) is 16.1 Å². The molecule has 0 unspecified atom stereocenters. The highest BCUT2D eigenvalue weighted by atomic mass is 32.1. The molecule has 0 radical (unpaired) electrons. The van der Waals surface area contributed by atoms with Crippen LogP contribution in [0.2, 0.25) is 0 Å². The van der Waals surface area contributed by atoms with Crippen molar-refractivity contribution in [2.24, 2.45) is 0 Å². The zero-order valence-corrected chi connectivity index (χ0v) is 19.8. The number of carbonyl (C=O) groups excluding carboxylic acids is 2. The summed E-state index contributed by atoms with van der Waals surface area (Å²) in [5, 5.41) is 10.8. The van der Waals surface area contributed by atoms with Crippen LogP contribution in [-0.4, -0.2) is 25.5 Å². The normalized spacial score (nSPS) is 11.5. The van der Waals surface area contributed by atoms with Crippen molar-refractivity contribution < 1.29 is 18.7 Å². The molecule has 1 atom stereocenters. The number of rotatable bonds is 9. The highest BCUT2D eigenvalue weighted by molar-refractivity contribution is 7.10. The molecule has 0 aliphatic heterocycles. The molecule has 35 heavy (non-hydrogen) atoms. The fraction of sp³-hybridized carbons (Fsp3) is 0.111. The van der Waals surface area contributed by atoms with Crippen LogP contribution in [0.25, 0.3) is 0 Å². The molecular formula is C27H24FN3O3S. The SMILES string of the molecule is COc1ccccc1NC(=O)c1ccc(NC(=O)CN[C@@H](c2ccc(F)cc2)c2cccs2)cc1. The fourth-order valence-electron chi connectivity index (χ4n) is 3.54. The predicted molar refractivity (Wildman–Crippen MR) is 137 cm³/mol. The average molecular weight is 490 g/mol. The molecule has 0 fully saturated rings. The number of thiophene rings is 1. The Kier molecular flexibility index (Phi) is 7.87. The Balaban J connectivity index is 1.35. The number of hydrogen-bond donors (Lipinski definition) is 3. The van der Waals surface area contributed by atoms with E-state index in [0.717, 1.165) is 10.4 Å². The number of nitrogens with one attached hydrogen (secondary N) is 3. The van der Waals surface area contributed by atoms with E-state index in [9.17, 15) is 14.0 Å². The second-order valence-electron chi connectivity index (χ2n) is 7.66. The molecule has 2 amide bonds. The summed E-state index contributed by atoms with van der Waals surface area (Å²) in [6.45, 7) is 0.0516. The first kappa shape index (κ1) is 24.1. The third-order valence-corrected chi connectivity index (χ3v) is 6.22. The molecule has 4 rings (SSSR count). The number of hydrogen-bond acceptors (Lipinski definition) is 5. The molecule has 0 aliphatic rings. The maximum Gasteiger partial charge on any atom is 0.255 e. The lowest BCUT2D eigenvalue weighted by Gasteiger charge is -2.18. The third kappa shape index (κ3) is 6.32. The monoisotopic (exact) mass is 489 g/mol. The number of methoxy groups -OCH3 is 1. The maximum absolute atomic E-state index is 13.4. The molecular weight excluding hydrogens is 465 g/mol. The van der Waals surface area contributed by atoms with Crippen molar-refractivity contribution in [1.29, 1.82) is 0 Å². The molecule has 178 valence electrons. The van der Waals surface area contributed by atoms with E-state index in [-0.39, 0.29) is 30.2 Å². The van der Waals surface area contributed by atoms with Gasteiger partial charge in [-0.1, -0.05) is 30.3 Å². The maximum atomic E-state index is 13.4. The molecule has 4 aromatic rings. The summed E-state index contributed by atoms with van der Waals surface area (Å²) in [6, 6.07) is 23.7. The summed E-state index contributed by atoms with van der Waals surface area (Å²) in [6.07, 6.45) is 0. The molecule has 1 heterocycles. The summed E-state index contributed by atoms with van der Waals surface area (Å²) < 4.78 is 18.6. The number of amides is 2. The zero-order valence-electron chi connectivity index (χ0n) is 19.0. The summed E-state index contributed by atoms with van der Waals surface area (Å²) in [7, 11) is 1.54. The van der Waals surface area contributed by atoms with Crippen LogP contribution < -0.4 is 20.7 Å². The molecule has 0 spiro atoms. The van der Waals surface area contributed by atoms with Gasteiger partial charge in [0.1, 0.15) is 11.6 Å². The standard InChI is InChI=1S/C27H24FN3O3S/c1-34-23-6-3-2-5-22(23)31-27(33)19-10-14-21(15-11-19)30-25(32)17-29-26(24-7-4-16-35-24)18-8-12-20(28)13-9-18/h2-16,26,29H,17H2,1H3,(H,30,32)(H,31,33)/t26-/m0/s1. The highest BCUT2D eigenvalue weighted by Crippen LogP contribution is 2.26. The Morgan fingerprint density at radius 2 is 1.66 bits per heavy atom. The van der Waals surface area contributed by atoms with Crippen LogP contribution in [0.4, 0.5) is 15.8 Å². The summed E-state index contributed by atoms with van der Waals surface area (Å²) in [5.41, 5.74) is 2.46. The first-order chi connectivity index (χ1) is 17.0. The molecule has 8 heteroatoms. The van der Waals surface area contributed by atoms with Crippen molar-refractivity contribution in [2.45, 2.75) is 6.04 Å². The second-order valence-corrected chi connectivity index (χ2v) is 8.64. The lowest BCUT2D eigenvalue weighted by molar-refractivity contribution is -0.115. The van der Waals surface area contributed by atoms with Crippen molar-refractivity contribution in [3.05, 3.63) is 112 Å². The van der Waals surface area contributed by atoms with Gasteiger partial charge in [0.25, 0.3) is 5.91 Å². The minimum atomic E-state index is -0.309. The number of halogens is 1. The minimum Gasteiger partial charge on any atom is -0.495 e. The minimum absolute atomic E-state index is 0.0516. The quantitative estimate of drug-likeness (QED) is 0.292. The Morgan fingerprint density at radius 1 is 0.914 bits per heavy atom. The molecule has 0 bridgehead atoms. The highest BCUT2D eigenvalue weighted by Gasteiger charge is 2.17. The topological polar surface area (TPSA) is 79.5 Å². The van der Waals surface area contributed by atoms with Crippen LogP contribution in [0.3, 0.4) is 0 Å². The van der Waals surface area contributed by atoms with E-state index in [1.165, 1.54) is 12.1 Å². The summed E-state index contributed by atoms with van der Waals surface area (Å²) in [4.78, 5) is 26.2. The zero-order chi connectivity index (χ0) is 24.6. The van der Waals surface area contributed by atoms with Crippen LogP contribution in [0, 0.1) is 5.82 Å². The lowest BCUT2D eigenvalue weighted by Crippen LogP contribution is -2.31. The van der Waals surface area contributed by atoms with E-state index in [1.54, 1.807) is 67.0 Å². The van der Waals surface area contributed by atoms with Gasteiger partial charge < -0.3 is 15.4 Å². The van der Waals surface area contributed by atoms with Gasteiger partial charge in [-0.05, 0) is 65.5 Å². The third-order valence-electron chi connectivity index (χ3n) is 5.28. The first-order valence-corrected chi connectivity index (χ1v) is 11.8. The molecule has 6 nitrogen and oxygen atoms in total. The van der Waals surface area contributed by atoms with Gasteiger partial charge in [-0.25, -0.2) is 4.39 Å². The van der Waals surface area contributed by atoms with Crippen LogP contribution >= 0.6 is 11.3 Å². The van der Waals surface area contributed by atoms with E-state index in [2.05, 4.69) is 16.0 Å². The van der Waals surface area contributed by atoms with E-state index in [4.69, 9.17) is 4.74 Å². The first-order valence-electron chi connectivity index (χ1n) is 10.9. The number of ether oxygens (including phenoxy) is 1. The second kappa shape index (κ2) is 11.4. The van der Waals surface area contributed by atoms with Gasteiger partial charge in [0.2, 0.25) is 5.91 Å². The molecule has 3 N–H and O–H groups in total. The van der Waals surface area contributed by atoms with Crippen molar-refractivity contribution >= 4 is 34.5 Å². The van der Waals surface area contributed by atoms with Crippen molar-refractivity contribution in [3.63, 3.8) is 0 Å². The Labute approximate surface area is 206 Å². The summed E-state index contributed by atoms with van der Waals surface area (Å²) in [5.74, 6) is -0.262. The van der Waals surface area contributed by atoms with Gasteiger partial charge in [0.15, 0.2) is 0 Å². The van der Waals surface area contributed by atoms with Crippen molar-refractivity contribution in [3.8, 4) is 5.75 Å². The fourth-order valence-corrected chi connectivity index (χ4v) is 4.37. The van der Waals surface area contributed by atoms with Gasteiger partial charge in [-0.2, -0.15) is 0 Å². The Bertz CT molecular complexity index is 1280. The molecule has 0 aliphatic carbocycles. The van der Waals surface area contributed by atoms with Gasteiger partial charge in [-0.15, -0.1) is 11.3 Å². The summed E-state index contributed by atoms with van der Waals surface area (Å²) >= 11 is 1.56.